The van der Waals surface area contributed by atoms with Gasteiger partial charge in [0.15, 0.2) is 0 Å². The van der Waals surface area contributed by atoms with Gasteiger partial charge in [0.05, 0.1) is 10.0 Å². The van der Waals surface area contributed by atoms with Crippen LogP contribution >= 0.6 is 23.2 Å². The fraction of sp³-hybridized carbons (Fsp3) is 0.571. The van der Waals surface area contributed by atoms with Crippen molar-refractivity contribution in [2.45, 2.75) is 45.6 Å². The summed E-state index contributed by atoms with van der Waals surface area (Å²) in [4.78, 5) is 0. The molecular formula is C14H19Cl2N. The highest BCUT2D eigenvalue weighted by molar-refractivity contribution is 6.42. The molecule has 0 radical (unpaired) electrons. The second kappa shape index (κ2) is 4.79. The maximum atomic E-state index is 6.46. The molecule has 1 fully saturated rings. The van der Waals surface area contributed by atoms with Gasteiger partial charge in [-0.3, -0.25) is 0 Å². The van der Waals surface area contributed by atoms with E-state index in [0.29, 0.717) is 10.0 Å². The third-order valence-corrected chi connectivity index (χ3v) is 4.98. The summed E-state index contributed by atoms with van der Waals surface area (Å²) in [5.74, 6) is 0. The van der Waals surface area contributed by atoms with Crippen LogP contribution < -0.4 is 5.73 Å². The maximum Gasteiger partial charge on any atom is 0.0642 e. The molecule has 1 aliphatic rings. The number of nitrogens with two attached hydrogens (primary N) is 1. The van der Waals surface area contributed by atoms with E-state index in [0.717, 1.165) is 11.1 Å². The van der Waals surface area contributed by atoms with Crippen LogP contribution in [-0.4, -0.2) is 0 Å². The van der Waals surface area contributed by atoms with Crippen LogP contribution in [0.1, 0.15) is 49.8 Å². The molecule has 0 saturated heterocycles. The lowest BCUT2D eigenvalue weighted by Gasteiger charge is -2.33. The summed E-state index contributed by atoms with van der Waals surface area (Å²) in [5, 5.41) is 1.23. The summed E-state index contributed by atoms with van der Waals surface area (Å²) < 4.78 is 0. The normalized spacial score (nSPS) is 20.5. The van der Waals surface area contributed by atoms with Gasteiger partial charge in [-0.2, -0.15) is 0 Å². The first-order valence-electron chi connectivity index (χ1n) is 6.16. The number of hydrogen-bond acceptors (Lipinski definition) is 1. The van der Waals surface area contributed by atoms with E-state index in [4.69, 9.17) is 28.9 Å². The maximum absolute atomic E-state index is 6.46. The van der Waals surface area contributed by atoms with Gasteiger partial charge in [-0.15, -0.1) is 0 Å². The Kier molecular flexibility index (Phi) is 3.72. The SMILES string of the molecule is Cc1ccc(Cl)c(Cl)c1[C@@H](N)C1(C)CCCC1. The molecule has 0 spiro atoms. The zero-order valence-electron chi connectivity index (χ0n) is 10.4. The predicted octanol–water partition coefficient (Wildman–Crippen LogP) is 4.88. The van der Waals surface area contributed by atoms with Crippen molar-refractivity contribution in [1.29, 1.82) is 0 Å². The number of aryl methyl sites for hydroxylation is 1. The molecule has 17 heavy (non-hydrogen) atoms. The lowest BCUT2D eigenvalue weighted by atomic mass is 9.77. The number of rotatable bonds is 2. The Hall–Kier alpha value is -0.240. The summed E-state index contributed by atoms with van der Waals surface area (Å²) in [6.07, 6.45) is 4.88. The Morgan fingerprint density at radius 2 is 1.82 bits per heavy atom. The van der Waals surface area contributed by atoms with Gasteiger partial charge < -0.3 is 5.73 Å². The van der Waals surface area contributed by atoms with Crippen molar-refractivity contribution < 1.29 is 0 Å². The molecular weight excluding hydrogens is 253 g/mol. The molecule has 94 valence electrons. The van der Waals surface area contributed by atoms with Crippen molar-refractivity contribution in [3.8, 4) is 0 Å². The van der Waals surface area contributed by atoms with E-state index in [1.54, 1.807) is 0 Å². The van der Waals surface area contributed by atoms with Crippen LogP contribution in [0.3, 0.4) is 0 Å². The summed E-state index contributed by atoms with van der Waals surface area (Å²) in [6.45, 7) is 4.32. The minimum absolute atomic E-state index is 0.0174. The van der Waals surface area contributed by atoms with Crippen molar-refractivity contribution in [2.24, 2.45) is 11.1 Å². The Morgan fingerprint density at radius 3 is 2.41 bits per heavy atom. The van der Waals surface area contributed by atoms with Gasteiger partial charge in [0.1, 0.15) is 0 Å². The number of hydrogen-bond donors (Lipinski definition) is 1. The van der Waals surface area contributed by atoms with Crippen LogP contribution in [0.25, 0.3) is 0 Å². The highest BCUT2D eigenvalue weighted by Gasteiger charge is 2.37. The molecule has 0 aliphatic heterocycles. The quantitative estimate of drug-likeness (QED) is 0.815. The Bertz CT molecular complexity index is 422. The van der Waals surface area contributed by atoms with Crippen LogP contribution in [0, 0.1) is 12.3 Å². The number of halogens is 2. The molecule has 2 N–H and O–H groups in total. The fourth-order valence-electron chi connectivity index (χ4n) is 2.89. The van der Waals surface area contributed by atoms with Crippen molar-refractivity contribution in [1.82, 2.24) is 0 Å². The van der Waals surface area contributed by atoms with Crippen molar-refractivity contribution in [3.05, 3.63) is 33.3 Å². The van der Waals surface area contributed by atoms with E-state index in [1.807, 2.05) is 12.1 Å². The molecule has 1 saturated carbocycles. The average molecular weight is 272 g/mol. The van der Waals surface area contributed by atoms with Gasteiger partial charge in [-0.25, -0.2) is 0 Å². The number of benzene rings is 1. The first kappa shape index (κ1) is 13.2. The van der Waals surface area contributed by atoms with Crippen molar-refractivity contribution in [3.63, 3.8) is 0 Å². The minimum Gasteiger partial charge on any atom is -0.323 e. The van der Waals surface area contributed by atoms with Gasteiger partial charge in [0, 0.05) is 6.04 Å². The molecule has 0 amide bonds. The van der Waals surface area contributed by atoms with Crippen LogP contribution in [0.4, 0.5) is 0 Å². The predicted molar refractivity (Wildman–Crippen MR) is 74.7 cm³/mol. The van der Waals surface area contributed by atoms with E-state index in [2.05, 4.69) is 13.8 Å². The van der Waals surface area contributed by atoms with Gasteiger partial charge >= 0.3 is 0 Å². The summed E-state index contributed by atoms with van der Waals surface area (Å²) >= 11 is 12.4. The van der Waals surface area contributed by atoms with E-state index >= 15 is 0 Å². The second-order valence-corrected chi connectivity index (χ2v) is 6.22. The molecule has 1 nitrogen and oxygen atoms in total. The molecule has 0 unspecified atom stereocenters. The monoisotopic (exact) mass is 271 g/mol. The third kappa shape index (κ3) is 2.33. The van der Waals surface area contributed by atoms with Gasteiger partial charge in [-0.05, 0) is 42.4 Å². The average Bonchev–Trinajstić information content (AvgIpc) is 2.72. The molecule has 1 atom stereocenters. The minimum atomic E-state index is -0.0174. The Labute approximate surface area is 113 Å². The van der Waals surface area contributed by atoms with E-state index in [-0.39, 0.29) is 11.5 Å². The third-order valence-electron chi connectivity index (χ3n) is 4.16. The zero-order chi connectivity index (χ0) is 12.6. The molecule has 2 rings (SSSR count). The van der Waals surface area contributed by atoms with Crippen LogP contribution in [0.5, 0.6) is 0 Å². The largest absolute Gasteiger partial charge is 0.323 e. The topological polar surface area (TPSA) is 26.0 Å². The first-order chi connectivity index (χ1) is 7.96. The van der Waals surface area contributed by atoms with Crippen LogP contribution in [0.15, 0.2) is 12.1 Å². The fourth-order valence-corrected chi connectivity index (χ4v) is 3.38. The van der Waals surface area contributed by atoms with E-state index in [1.165, 1.54) is 25.7 Å². The van der Waals surface area contributed by atoms with Crippen LogP contribution in [-0.2, 0) is 0 Å². The van der Waals surface area contributed by atoms with Crippen molar-refractivity contribution in [2.75, 3.05) is 0 Å². The van der Waals surface area contributed by atoms with E-state index in [9.17, 15) is 0 Å². The van der Waals surface area contributed by atoms with Crippen molar-refractivity contribution >= 4 is 23.2 Å². The first-order valence-corrected chi connectivity index (χ1v) is 6.91. The Morgan fingerprint density at radius 1 is 1.24 bits per heavy atom. The molecule has 0 bridgehead atoms. The smallest absolute Gasteiger partial charge is 0.0642 e. The molecule has 1 aromatic carbocycles. The van der Waals surface area contributed by atoms with Gasteiger partial charge in [0.25, 0.3) is 0 Å². The lowest BCUT2D eigenvalue weighted by molar-refractivity contribution is 0.265. The van der Waals surface area contributed by atoms with E-state index < -0.39 is 0 Å². The standard InChI is InChI=1S/C14H19Cl2N/c1-9-5-6-10(15)12(16)11(9)13(17)14(2)7-3-4-8-14/h5-6,13H,3-4,7-8,17H2,1-2H3/t13-/m1/s1. The second-order valence-electron chi connectivity index (χ2n) is 5.43. The molecule has 0 aromatic heterocycles. The highest BCUT2D eigenvalue weighted by Crippen LogP contribution is 2.48. The lowest BCUT2D eigenvalue weighted by Crippen LogP contribution is -2.30. The molecule has 1 aliphatic carbocycles. The molecule has 1 aromatic rings. The highest BCUT2D eigenvalue weighted by atomic mass is 35.5. The summed E-state index contributed by atoms with van der Waals surface area (Å²) in [7, 11) is 0. The summed E-state index contributed by atoms with van der Waals surface area (Å²) in [6, 6.07) is 3.82. The van der Waals surface area contributed by atoms with Gasteiger partial charge in [0.2, 0.25) is 0 Å². The van der Waals surface area contributed by atoms with Gasteiger partial charge in [-0.1, -0.05) is 49.0 Å². The van der Waals surface area contributed by atoms with Crippen LogP contribution in [0.2, 0.25) is 10.0 Å². The summed E-state index contributed by atoms with van der Waals surface area (Å²) in [5.41, 5.74) is 8.80. The molecule has 0 heterocycles. The Balaban J connectivity index is 2.43. The molecule has 3 heteroatoms. The zero-order valence-corrected chi connectivity index (χ0v) is 11.9.